The summed E-state index contributed by atoms with van der Waals surface area (Å²) in [5, 5.41) is 12.5. The molecule has 0 aromatic heterocycles. The molecular formula is C13H29NO4S. The smallest absolute Gasteiger partial charge is 0.151 e. The van der Waals surface area contributed by atoms with E-state index < -0.39 is 15.9 Å². The number of aliphatic hydroxyl groups excluding tert-OH is 1. The van der Waals surface area contributed by atoms with Gasteiger partial charge in [-0.15, -0.1) is 0 Å². The van der Waals surface area contributed by atoms with Crippen molar-refractivity contribution in [2.45, 2.75) is 39.7 Å². The van der Waals surface area contributed by atoms with Gasteiger partial charge in [-0.1, -0.05) is 20.8 Å². The van der Waals surface area contributed by atoms with Crippen LogP contribution in [0, 0.1) is 5.92 Å². The third-order valence-electron chi connectivity index (χ3n) is 2.79. The molecule has 116 valence electrons. The molecule has 19 heavy (non-hydrogen) atoms. The van der Waals surface area contributed by atoms with Gasteiger partial charge in [-0.05, 0) is 18.8 Å². The molecule has 0 aliphatic rings. The molecule has 0 fully saturated rings. The van der Waals surface area contributed by atoms with Gasteiger partial charge in [0, 0.05) is 25.4 Å². The highest BCUT2D eigenvalue weighted by Crippen LogP contribution is 2.03. The topological polar surface area (TPSA) is 75.6 Å². The van der Waals surface area contributed by atoms with E-state index in [0.717, 1.165) is 12.8 Å². The van der Waals surface area contributed by atoms with Crippen LogP contribution in [-0.2, 0) is 14.6 Å². The van der Waals surface area contributed by atoms with Gasteiger partial charge in [-0.25, -0.2) is 8.42 Å². The number of hydrogen-bond donors (Lipinski definition) is 2. The molecule has 2 N–H and O–H groups in total. The first-order valence-electron chi connectivity index (χ1n) is 7.04. The average Bonchev–Trinajstić information content (AvgIpc) is 2.34. The van der Waals surface area contributed by atoms with Gasteiger partial charge in [-0.2, -0.15) is 0 Å². The molecule has 6 heteroatoms. The molecule has 1 unspecified atom stereocenters. The molecule has 5 nitrogen and oxygen atoms in total. The van der Waals surface area contributed by atoms with E-state index in [4.69, 9.17) is 4.74 Å². The van der Waals surface area contributed by atoms with Crippen molar-refractivity contribution in [2.75, 3.05) is 37.8 Å². The van der Waals surface area contributed by atoms with Gasteiger partial charge < -0.3 is 15.2 Å². The Morgan fingerprint density at radius 2 is 2.00 bits per heavy atom. The van der Waals surface area contributed by atoms with Crippen LogP contribution in [-0.4, -0.2) is 57.4 Å². The molecule has 0 aliphatic heterocycles. The molecule has 0 saturated heterocycles. The van der Waals surface area contributed by atoms with Crippen molar-refractivity contribution in [1.82, 2.24) is 5.32 Å². The maximum absolute atomic E-state index is 11.2. The number of rotatable bonds is 12. The Morgan fingerprint density at radius 1 is 1.32 bits per heavy atom. The molecule has 0 aromatic rings. The number of hydrogen-bond acceptors (Lipinski definition) is 5. The monoisotopic (exact) mass is 295 g/mol. The molecule has 0 radical (unpaired) electrons. The van der Waals surface area contributed by atoms with Crippen LogP contribution >= 0.6 is 0 Å². The summed E-state index contributed by atoms with van der Waals surface area (Å²) >= 11 is 0. The molecule has 0 saturated carbocycles. The molecule has 0 bridgehead atoms. The molecular weight excluding hydrogens is 266 g/mol. The van der Waals surface area contributed by atoms with Gasteiger partial charge in [0.1, 0.15) is 0 Å². The van der Waals surface area contributed by atoms with Crippen LogP contribution in [0.4, 0.5) is 0 Å². The summed E-state index contributed by atoms with van der Waals surface area (Å²) < 4.78 is 27.8. The van der Waals surface area contributed by atoms with E-state index in [1.807, 2.05) is 0 Å². The Hall–Kier alpha value is -0.170. The zero-order chi connectivity index (χ0) is 14.7. The molecule has 0 heterocycles. The maximum Gasteiger partial charge on any atom is 0.151 e. The van der Waals surface area contributed by atoms with Gasteiger partial charge in [0.15, 0.2) is 9.84 Å². The first-order chi connectivity index (χ1) is 8.87. The molecule has 1 atom stereocenters. The normalized spacial score (nSPS) is 13.9. The molecule has 0 amide bonds. The van der Waals surface area contributed by atoms with Gasteiger partial charge in [0.05, 0.1) is 18.5 Å². The van der Waals surface area contributed by atoms with Crippen LogP contribution in [0.3, 0.4) is 0 Å². The van der Waals surface area contributed by atoms with E-state index in [2.05, 4.69) is 19.2 Å². The highest BCUT2D eigenvalue weighted by Gasteiger charge is 2.08. The van der Waals surface area contributed by atoms with Crippen molar-refractivity contribution in [3.8, 4) is 0 Å². The van der Waals surface area contributed by atoms with Crippen LogP contribution in [0.1, 0.15) is 33.6 Å². The van der Waals surface area contributed by atoms with Crippen LogP contribution in [0.25, 0.3) is 0 Å². The van der Waals surface area contributed by atoms with E-state index in [9.17, 15) is 13.5 Å². The van der Waals surface area contributed by atoms with Crippen molar-refractivity contribution in [3.63, 3.8) is 0 Å². The fourth-order valence-electron chi connectivity index (χ4n) is 1.51. The Balaban J connectivity index is 3.42. The molecule has 0 spiro atoms. The van der Waals surface area contributed by atoms with Crippen LogP contribution in [0.2, 0.25) is 0 Å². The van der Waals surface area contributed by atoms with Gasteiger partial charge in [0.25, 0.3) is 0 Å². The second kappa shape index (κ2) is 10.6. The third kappa shape index (κ3) is 12.6. The first-order valence-corrected chi connectivity index (χ1v) is 8.86. The van der Waals surface area contributed by atoms with Crippen molar-refractivity contribution >= 4 is 9.84 Å². The Bertz CT molecular complexity index is 304. The largest absolute Gasteiger partial charge is 0.389 e. The minimum absolute atomic E-state index is 0.117. The summed E-state index contributed by atoms with van der Waals surface area (Å²) in [5.74, 6) is 0.956. The lowest BCUT2D eigenvalue weighted by molar-refractivity contribution is 0.0351. The number of aliphatic hydroxyl groups is 1. The average molecular weight is 295 g/mol. The Labute approximate surface area is 117 Å². The highest BCUT2D eigenvalue weighted by atomic mass is 32.2. The number of ether oxygens (including phenoxy) is 1. The fraction of sp³-hybridized carbons (Fsp3) is 1.00. The van der Waals surface area contributed by atoms with E-state index in [0.29, 0.717) is 32.2 Å². The Morgan fingerprint density at radius 3 is 2.58 bits per heavy atom. The standard InChI is InChI=1S/C13H29NO4S/c1-4-19(16,17)9-7-14-10-13(15)11-18-8-5-6-12(2)3/h12-15H,4-11H2,1-3H3. The van der Waals surface area contributed by atoms with Gasteiger partial charge in [-0.3, -0.25) is 0 Å². The van der Waals surface area contributed by atoms with E-state index in [-0.39, 0.29) is 11.5 Å². The van der Waals surface area contributed by atoms with Crippen LogP contribution in [0.15, 0.2) is 0 Å². The van der Waals surface area contributed by atoms with E-state index in [1.165, 1.54) is 0 Å². The van der Waals surface area contributed by atoms with Crippen molar-refractivity contribution in [2.24, 2.45) is 5.92 Å². The molecule has 0 aromatic carbocycles. The molecule has 0 aliphatic carbocycles. The number of nitrogens with one attached hydrogen (secondary N) is 1. The van der Waals surface area contributed by atoms with E-state index in [1.54, 1.807) is 6.92 Å². The lowest BCUT2D eigenvalue weighted by atomic mass is 10.1. The van der Waals surface area contributed by atoms with Crippen LogP contribution < -0.4 is 5.32 Å². The van der Waals surface area contributed by atoms with E-state index >= 15 is 0 Å². The summed E-state index contributed by atoms with van der Waals surface area (Å²) in [6.07, 6.45) is 1.55. The summed E-state index contributed by atoms with van der Waals surface area (Å²) in [4.78, 5) is 0. The molecule has 0 rings (SSSR count). The van der Waals surface area contributed by atoms with Crippen molar-refractivity contribution in [3.05, 3.63) is 0 Å². The van der Waals surface area contributed by atoms with Gasteiger partial charge >= 0.3 is 0 Å². The number of sulfone groups is 1. The minimum Gasteiger partial charge on any atom is -0.389 e. The maximum atomic E-state index is 11.2. The Kier molecular flexibility index (Phi) is 10.5. The third-order valence-corrected chi connectivity index (χ3v) is 4.50. The predicted molar refractivity (Wildman–Crippen MR) is 78.1 cm³/mol. The van der Waals surface area contributed by atoms with Crippen molar-refractivity contribution in [1.29, 1.82) is 0 Å². The van der Waals surface area contributed by atoms with Gasteiger partial charge in [0.2, 0.25) is 0 Å². The summed E-state index contributed by atoms with van der Waals surface area (Å²) in [7, 11) is -2.93. The first kappa shape index (κ1) is 18.8. The lowest BCUT2D eigenvalue weighted by Gasteiger charge is -2.12. The summed E-state index contributed by atoms with van der Waals surface area (Å²) in [6.45, 7) is 7.68. The fourth-order valence-corrected chi connectivity index (χ4v) is 2.26. The van der Waals surface area contributed by atoms with Crippen LogP contribution in [0.5, 0.6) is 0 Å². The van der Waals surface area contributed by atoms with Crippen molar-refractivity contribution < 1.29 is 18.3 Å². The second-order valence-electron chi connectivity index (χ2n) is 5.21. The SMILES string of the molecule is CCS(=O)(=O)CCNCC(O)COCCCC(C)C. The second-order valence-corrected chi connectivity index (χ2v) is 7.68. The minimum atomic E-state index is -2.93. The zero-order valence-corrected chi connectivity index (χ0v) is 13.2. The lowest BCUT2D eigenvalue weighted by Crippen LogP contribution is -2.33. The summed E-state index contributed by atoms with van der Waals surface area (Å²) in [6, 6.07) is 0. The summed E-state index contributed by atoms with van der Waals surface area (Å²) in [5.41, 5.74) is 0. The predicted octanol–water partition coefficient (Wildman–Crippen LogP) is 0.824. The highest BCUT2D eigenvalue weighted by molar-refractivity contribution is 7.91. The zero-order valence-electron chi connectivity index (χ0n) is 12.4. The quantitative estimate of drug-likeness (QED) is 0.522.